The molecule has 1 aromatic heterocycles. The zero-order valence-electron chi connectivity index (χ0n) is 11.7. The van der Waals surface area contributed by atoms with Crippen molar-refractivity contribution >= 4 is 17.2 Å². The molecule has 0 spiro atoms. The summed E-state index contributed by atoms with van der Waals surface area (Å²) in [5.41, 5.74) is 0.795. The number of rotatable bonds is 5. The number of thiophene rings is 1. The number of carbonyl (C=O) groups is 1. The summed E-state index contributed by atoms with van der Waals surface area (Å²) in [7, 11) is 0. The number of hydrogen-bond donors (Lipinski definition) is 2. The molecule has 0 radical (unpaired) electrons. The number of aryl methyl sites for hydroxylation is 1. The Morgan fingerprint density at radius 1 is 1.30 bits per heavy atom. The normalized spacial score (nSPS) is 13.8. The van der Waals surface area contributed by atoms with E-state index in [0.29, 0.717) is 6.54 Å². The maximum absolute atomic E-state index is 12.0. The third kappa shape index (κ3) is 3.68. The lowest BCUT2D eigenvalue weighted by Gasteiger charge is -2.23. The summed E-state index contributed by atoms with van der Waals surface area (Å²) in [6.07, 6.45) is 0.0570. The molecule has 0 aliphatic heterocycles. The number of aliphatic hydroxyl groups is 1. The van der Waals surface area contributed by atoms with Crippen LogP contribution in [0, 0.1) is 6.92 Å². The van der Waals surface area contributed by atoms with Crippen LogP contribution in [0.3, 0.4) is 0 Å². The van der Waals surface area contributed by atoms with Gasteiger partial charge < -0.3 is 10.4 Å². The second-order valence-corrected chi connectivity index (χ2v) is 6.12. The molecule has 2 rings (SSSR count). The average molecular weight is 289 g/mol. The second kappa shape index (κ2) is 6.20. The van der Waals surface area contributed by atoms with Crippen LogP contribution in [0.15, 0.2) is 41.8 Å². The Morgan fingerprint density at radius 3 is 2.60 bits per heavy atom. The summed E-state index contributed by atoms with van der Waals surface area (Å²) in [5.74, 6) is -0.147. The van der Waals surface area contributed by atoms with Gasteiger partial charge >= 0.3 is 0 Å². The second-order valence-electron chi connectivity index (χ2n) is 5.12. The van der Waals surface area contributed by atoms with Gasteiger partial charge in [-0.2, -0.15) is 0 Å². The van der Waals surface area contributed by atoms with Gasteiger partial charge in [0.1, 0.15) is 0 Å². The molecule has 1 heterocycles. The third-order valence-electron chi connectivity index (χ3n) is 3.31. The fourth-order valence-corrected chi connectivity index (χ4v) is 2.88. The van der Waals surface area contributed by atoms with Crippen LogP contribution < -0.4 is 5.32 Å². The predicted octanol–water partition coefficient (Wildman–Crippen LogP) is 2.97. The molecule has 2 N–H and O–H groups in total. The van der Waals surface area contributed by atoms with E-state index in [4.69, 9.17) is 0 Å². The van der Waals surface area contributed by atoms with Crippen LogP contribution in [0.4, 0.5) is 0 Å². The molecule has 106 valence electrons. The zero-order chi connectivity index (χ0) is 14.6. The Hall–Kier alpha value is -1.65. The van der Waals surface area contributed by atoms with Gasteiger partial charge in [-0.25, -0.2) is 0 Å². The van der Waals surface area contributed by atoms with Crippen LogP contribution in [0.25, 0.3) is 0 Å². The summed E-state index contributed by atoms with van der Waals surface area (Å²) < 4.78 is 0. The molecule has 1 amide bonds. The van der Waals surface area contributed by atoms with E-state index in [0.717, 1.165) is 10.4 Å². The van der Waals surface area contributed by atoms with Crippen molar-refractivity contribution in [3.63, 3.8) is 0 Å². The maximum atomic E-state index is 12.0. The first-order chi connectivity index (χ1) is 9.49. The Morgan fingerprint density at radius 2 is 2.00 bits per heavy atom. The highest BCUT2D eigenvalue weighted by Gasteiger charge is 2.26. The van der Waals surface area contributed by atoms with Gasteiger partial charge in [0.15, 0.2) is 0 Å². The van der Waals surface area contributed by atoms with Gasteiger partial charge in [-0.3, -0.25) is 4.79 Å². The van der Waals surface area contributed by atoms with E-state index in [2.05, 4.69) is 5.32 Å². The number of amides is 1. The van der Waals surface area contributed by atoms with Gasteiger partial charge in [-0.05, 0) is 36.4 Å². The lowest BCUT2D eigenvalue weighted by atomic mass is 9.92. The summed E-state index contributed by atoms with van der Waals surface area (Å²) in [6, 6.07) is 11.3. The van der Waals surface area contributed by atoms with Gasteiger partial charge in [-0.1, -0.05) is 30.3 Å². The number of benzene rings is 1. The first-order valence-electron chi connectivity index (χ1n) is 6.56. The molecule has 0 aliphatic carbocycles. The molecule has 1 aromatic carbocycles. The van der Waals surface area contributed by atoms with Crippen LogP contribution in [0.2, 0.25) is 0 Å². The molecule has 1 unspecified atom stereocenters. The highest BCUT2D eigenvalue weighted by molar-refractivity contribution is 7.10. The largest absolute Gasteiger partial charge is 0.385 e. The Bertz CT molecular complexity index is 575. The van der Waals surface area contributed by atoms with Crippen molar-refractivity contribution in [1.29, 1.82) is 0 Å². The van der Waals surface area contributed by atoms with Gasteiger partial charge in [0.2, 0.25) is 5.91 Å². The zero-order valence-corrected chi connectivity index (χ0v) is 12.5. The number of nitrogens with one attached hydrogen (secondary N) is 1. The predicted molar refractivity (Wildman–Crippen MR) is 81.5 cm³/mol. The molecule has 0 saturated heterocycles. The fourth-order valence-electron chi connectivity index (χ4n) is 2.04. The van der Waals surface area contributed by atoms with Gasteiger partial charge in [-0.15, -0.1) is 11.3 Å². The Balaban J connectivity index is 1.93. The molecule has 0 bridgehead atoms. The van der Waals surface area contributed by atoms with Crippen molar-refractivity contribution in [3.05, 3.63) is 57.8 Å². The van der Waals surface area contributed by atoms with Crippen molar-refractivity contribution < 1.29 is 9.90 Å². The van der Waals surface area contributed by atoms with Crippen LogP contribution >= 0.6 is 11.3 Å². The molecule has 1 atom stereocenters. The van der Waals surface area contributed by atoms with Crippen molar-refractivity contribution in [2.24, 2.45) is 0 Å². The summed E-state index contributed by atoms with van der Waals surface area (Å²) in [4.78, 5) is 13.1. The highest BCUT2D eigenvalue weighted by Crippen LogP contribution is 2.24. The van der Waals surface area contributed by atoms with E-state index < -0.39 is 5.60 Å². The monoisotopic (exact) mass is 289 g/mol. The third-order valence-corrected chi connectivity index (χ3v) is 4.34. The molecule has 4 heteroatoms. The van der Waals surface area contributed by atoms with Crippen LogP contribution in [-0.4, -0.2) is 11.0 Å². The van der Waals surface area contributed by atoms with Gasteiger partial charge in [0.25, 0.3) is 0 Å². The van der Waals surface area contributed by atoms with E-state index in [1.807, 2.05) is 48.7 Å². The quantitative estimate of drug-likeness (QED) is 0.889. The molecular formula is C16H19NO2S. The van der Waals surface area contributed by atoms with Crippen LogP contribution in [0.1, 0.15) is 29.3 Å². The molecule has 2 aromatic rings. The number of hydrogen-bond acceptors (Lipinski definition) is 3. The summed E-state index contributed by atoms with van der Waals surface area (Å²) >= 11 is 1.63. The lowest BCUT2D eigenvalue weighted by Crippen LogP contribution is -2.32. The summed E-state index contributed by atoms with van der Waals surface area (Å²) in [6.45, 7) is 4.21. The molecule has 0 saturated carbocycles. The standard InChI is InChI=1S/C16H19NO2S/c1-12-8-9-20-14(12)11-17-15(18)10-16(2,19)13-6-4-3-5-7-13/h3-9,19H,10-11H2,1-2H3,(H,17,18). The van der Waals surface area contributed by atoms with Crippen molar-refractivity contribution in [3.8, 4) is 0 Å². The lowest BCUT2D eigenvalue weighted by molar-refractivity contribution is -0.126. The highest BCUT2D eigenvalue weighted by atomic mass is 32.1. The SMILES string of the molecule is Cc1ccsc1CNC(=O)CC(C)(O)c1ccccc1. The first-order valence-corrected chi connectivity index (χ1v) is 7.44. The van der Waals surface area contributed by atoms with Crippen LogP contribution in [0.5, 0.6) is 0 Å². The molecule has 0 aliphatic rings. The van der Waals surface area contributed by atoms with Crippen molar-refractivity contribution in [2.45, 2.75) is 32.4 Å². The Kier molecular flexibility index (Phi) is 4.57. The smallest absolute Gasteiger partial charge is 0.223 e. The van der Waals surface area contributed by atoms with Gasteiger partial charge in [0.05, 0.1) is 18.6 Å². The molecule has 0 fully saturated rings. The van der Waals surface area contributed by atoms with Crippen molar-refractivity contribution in [1.82, 2.24) is 5.32 Å². The maximum Gasteiger partial charge on any atom is 0.223 e. The molecule has 3 nitrogen and oxygen atoms in total. The minimum atomic E-state index is -1.14. The fraction of sp³-hybridized carbons (Fsp3) is 0.312. The first kappa shape index (κ1) is 14.8. The topological polar surface area (TPSA) is 49.3 Å². The molecular weight excluding hydrogens is 270 g/mol. The average Bonchev–Trinajstić information content (AvgIpc) is 2.82. The minimum absolute atomic E-state index is 0.0570. The van der Waals surface area contributed by atoms with Gasteiger partial charge in [0, 0.05) is 4.88 Å². The van der Waals surface area contributed by atoms with E-state index in [1.54, 1.807) is 18.3 Å². The van der Waals surface area contributed by atoms with Crippen molar-refractivity contribution in [2.75, 3.05) is 0 Å². The van der Waals surface area contributed by atoms with E-state index in [1.165, 1.54) is 5.56 Å². The Labute approximate surface area is 123 Å². The van der Waals surface area contributed by atoms with Crippen LogP contribution in [-0.2, 0) is 16.9 Å². The van der Waals surface area contributed by atoms with E-state index >= 15 is 0 Å². The minimum Gasteiger partial charge on any atom is -0.385 e. The van der Waals surface area contributed by atoms with E-state index in [-0.39, 0.29) is 12.3 Å². The summed E-state index contributed by atoms with van der Waals surface area (Å²) in [5, 5.41) is 15.3. The molecule has 20 heavy (non-hydrogen) atoms. The number of carbonyl (C=O) groups excluding carboxylic acids is 1. The van der Waals surface area contributed by atoms with E-state index in [9.17, 15) is 9.90 Å².